The summed E-state index contributed by atoms with van der Waals surface area (Å²) in [4.78, 5) is 3.54. The van der Waals surface area contributed by atoms with E-state index in [0.717, 1.165) is 71.9 Å². The molecule has 0 aliphatic heterocycles. The Morgan fingerprint density at radius 3 is 1.48 bits per heavy atom. The van der Waals surface area contributed by atoms with Crippen LogP contribution in [0.25, 0.3) is 93.2 Å². The highest BCUT2D eigenvalue weighted by Gasteiger charge is 2.31. The van der Waals surface area contributed by atoms with Crippen LogP contribution in [0, 0.1) is 36.2 Å². The summed E-state index contributed by atoms with van der Waals surface area (Å²) in [6.45, 7) is 9.07. The lowest BCUT2D eigenvalue weighted by Crippen LogP contribution is -2.07. The van der Waals surface area contributed by atoms with Gasteiger partial charge in [-0.1, -0.05) is 91.0 Å². The average Bonchev–Trinajstić information content (AvgIpc) is 3.80. The van der Waals surface area contributed by atoms with Crippen molar-refractivity contribution in [3.05, 3.63) is 197 Å². The summed E-state index contributed by atoms with van der Waals surface area (Å²) in [5.74, 6) is 0. The van der Waals surface area contributed by atoms with Gasteiger partial charge in [0.05, 0.1) is 57.2 Å². The molecule has 2 aromatic heterocycles. The molecule has 288 valence electrons. The molecule has 0 aliphatic carbocycles. The van der Waals surface area contributed by atoms with E-state index >= 15 is 0 Å². The quantitative estimate of drug-likeness (QED) is 0.163. The summed E-state index contributed by atoms with van der Waals surface area (Å²) in [5.41, 5.74) is 10.9. The minimum absolute atomic E-state index is 0.383. The van der Waals surface area contributed by atoms with Crippen molar-refractivity contribution in [2.24, 2.45) is 0 Å². The Hall–Kier alpha value is -8.38. The van der Waals surface area contributed by atoms with Gasteiger partial charge in [-0.3, -0.25) is 0 Å². The maximum Gasteiger partial charge on any atom is 0.416 e. The van der Waals surface area contributed by atoms with E-state index in [0.29, 0.717) is 44.9 Å². The van der Waals surface area contributed by atoms with Crippen LogP contribution in [-0.4, -0.2) is 9.13 Å². The summed E-state index contributed by atoms with van der Waals surface area (Å²) in [7, 11) is 0. The number of benzene rings is 8. The summed E-state index contributed by atoms with van der Waals surface area (Å²) in [6, 6.07) is 55.6. The second-order valence-corrected chi connectivity index (χ2v) is 15.0. The van der Waals surface area contributed by atoms with Crippen LogP contribution in [0.3, 0.4) is 0 Å². The molecule has 10 aromatic rings. The highest BCUT2D eigenvalue weighted by atomic mass is 19.4. The Kier molecular flexibility index (Phi) is 8.58. The second-order valence-electron chi connectivity index (χ2n) is 15.0. The largest absolute Gasteiger partial charge is 0.416 e. The van der Waals surface area contributed by atoms with Crippen LogP contribution in [0.5, 0.6) is 0 Å². The zero-order chi connectivity index (χ0) is 42.0. The molecule has 0 saturated carbocycles. The third-order valence-electron chi connectivity index (χ3n) is 11.6. The number of halogens is 3. The lowest BCUT2D eigenvalue weighted by Gasteiger charge is -2.19. The Balaban J connectivity index is 1.28. The van der Waals surface area contributed by atoms with Crippen molar-refractivity contribution >= 4 is 49.3 Å². The predicted molar refractivity (Wildman–Crippen MR) is 237 cm³/mol. The van der Waals surface area contributed by atoms with E-state index in [9.17, 15) is 23.7 Å². The fraction of sp³-hybridized carbons (Fsp3) is 0.0377. The van der Waals surface area contributed by atoms with Gasteiger partial charge in [0.25, 0.3) is 0 Å². The van der Waals surface area contributed by atoms with E-state index in [4.69, 9.17) is 6.57 Å². The van der Waals surface area contributed by atoms with Crippen LogP contribution in [0.4, 0.5) is 18.9 Å². The van der Waals surface area contributed by atoms with Crippen molar-refractivity contribution in [2.75, 3.05) is 0 Å². The van der Waals surface area contributed by atoms with Crippen LogP contribution in [0.1, 0.15) is 22.3 Å². The van der Waals surface area contributed by atoms with Gasteiger partial charge in [0.2, 0.25) is 0 Å². The molecular formula is C53H30F3N5. The maximum atomic E-state index is 14.0. The van der Waals surface area contributed by atoms with Gasteiger partial charge in [0.1, 0.15) is 11.6 Å². The summed E-state index contributed by atoms with van der Waals surface area (Å²) in [6.07, 6.45) is -4.51. The van der Waals surface area contributed by atoms with E-state index < -0.39 is 11.7 Å². The summed E-state index contributed by atoms with van der Waals surface area (Å²) < 4.78 is 46.1. The first kappa shape index (κ1) is 36.9. The van der Waals surface area contributed by atoms with E-state index in [1.807, 2.05) is 103 Å². The Bertz CT molecular complexity index is 3350. The standard InChI is InChI=1S/C53H30F3N5/c1-32-25-39(53(54,55)56)19-22-41(32)38-28-51(60-47-9-5-3-7-42(47)44-26-36(17-23-49(44)60)34-13-11-33(30-57)12-14-34)46(31-58)52(29-38)61-48-10-6-4-8-43(48)45-27-37(18-24-50(45)61)35-15-20-40(59-2)21-16-35/h3-29H,1H3. The number of rotatable bonds is 5. The molecule has 0 atom stereocenters. The highest BCUT2D eigenvalue weighted by Crippen LogP contribution is 2.43. The van der Waals surface area contributed by atoms with Gasteiger partial charge in [0.15, 0.2) is 5.69 Å². The molecule has 0 N–H and O–H groups in total. The van der Waals surface area contributed by atoms with Crippen molar-refractivity contribution in [3.8, 4) is 56.9 Å². The predicted octanol–water partition coefficient (Wildman–Crippen LogP) is 14.5. The van der Waals surface area contributed by atoms with Crippen LogP contribution in [0.2, 0.25) is 0 Å². The topological polar surface area (TPSA) is 61.8 Å². The van der Waals surface area contributed by atoms with Crippen LogP contribution in [-0.2, 0) is 6.18 Å². The van der Waals surface area contributed by atoms with Gasteiger partial charge >= 0.3 is 6.18 Å². The number of aromatic nitrogens is 2. The van der Waals surface area contributed by atoms with Gasteiger partial charge < -0.3 is 9.13 Å². The van der Waals surface area contributed by atoms with Crippen molar-refractivity contribution in [1.29, 1.82) is 10.5 Å². The third-order valence-corrected chi connectivity index (χ3v) is 11.6. The lowest BCUT2D eigenvalue weighted by molar-refractivity contribution is -0.137. The molecule has 8 aromatic carbocycles. The van der Waals surface area contributed by atoms with Crippen LogP contribution < -0.4 is 0 Å². The van der Waals surface area contributed by atoms with Crippen molar-refractivity contribution in [2.45, 2.75) is 13.1 Å². The number of nitriles is 2. The normalized spacial score (nSPS) is 11.6. The number of hydrogen-bond donors (Lipinski definition) is 0. The average molecular weight is 794 g/mol. The molecule has 0 fully saturated rings. The molecule has 61 heavy (non-hydrogen) atoms. The lowest BCUT2D eigenvalue weighted by atomic mass is 9.95. The van der Waals surface area contributed by atoms with Gasteiger partial charge in [-0.2, -0.15) is 23.7 Å². The van der Waals surface area contributed by atoms with E-state index in [2.05, 4.69) is 44.3 Å². The molecule has 0 amide bonds. The molecule has 0 saturated heterocycles. The van der Waals surface area contributed by atoms with Crippen molar-refractivity contribution < 1.29 is 13.2 Å². The van der Waals surface area contributed by atoms with E-state index in [-0.39, 0.29) is 0 Å². The number of nitrogens with zero attached hydrogens (tertiary/aromatic N) is 5. The third kappa shape index (κ3) is 6.08. The minimum atomic E-state index is -4.51. The molecule has 0 spiro atoms. The molecule has 5 nitrogen and oxygen atoms in total. The molecule has 0 radical (unpaired) electrons. The number of fused-ring (bicyclic) bond motifs is 6. The van der Waals surface area contributed by atoms with Gasteiger partial charge in [-0.15, -0.1) is 0 Å². The highest BCUT2D eigenvalue weighted by molar-refractivity contribution is 6.12. The van der Waals surface area contributed by atoms with Crippen molar-refractivity contribution in [1.82, 2.24) is 9.13 Å². The summed E-state index contributed by atoms with van der Waals surface area (Å²) in [5, 5.41) is 24.6. The molecule has 2 heterocycles. The SMILES string of the molecule is [C-]#[N+]c1ccc(-c2ccc3c(c2)c2ccccc2n3-c2cc(-c3ccc(C(F)(F)F)cc3C)cc(-n3c4ccccc4c4cc(-c5ccc(C#N)cc5)ccc43)c2C#N)cc1. The number of aryl methyl sites for hydroxylation is 1. The fourth-order valence-corrected chi connectivity index (χ4v) is 8.69. The van der Waals surface area contributed by atoms with E-state index in [1.54, 1.807) is 31.2 Å². The monoisotopic (exact) mass is 793 g/mol. The smallest absolute Gasteiger partial charge is 0.308 e. The summed E-state index contributed by atoms with van der Waals surface area (Å²) >= 11 is 0. The van der Waals surface area contributed by atoms with Crippen LogP contribution >= 0.6 is 0 Å². The zero-order valence-electron chi connectivity index (χ0n) is 32.5. The molecule has 0 unspecified atom stereocenters. The zero-order valence-corrected chi connectivity index (χ0v) is 32.5. The second kappa shape index (κ2) is 14.2. The Morgan fingerprint density at radius 2 is 1.00 bits per heavy atom. The molecule has 0 aliphatic rings. The van der Waals surface area contributed by atoms with Gasteiger partial charge in [-0.05, 0) is 119 Å². The van der Waals surface area contributed by atoms with E-state index in [1.165, 1.54) is 12.1 Å². The first-order valence-electron chi connectivity index (χ1n) is 19.5. The Morgan fingerprint density at radius 1 is 0.508 bits per heavy atom. The van der Waals surface area contributed by atoms with Gasteiger partial charge in [0, 0.05) is 21.5 Å². The number of para-hydroxylation sites is 2. The molecule has 8 heteroatoms. The first-order valence-corrected chi connectivity index (χ1v) is 19.5. The first-order chi connectivity index (χ1) is 29.6. The van der Waals surface area contributed by atoms with Gasteiger partial charge in [-0.25, -0.2) is 4.85 Å². The number of alkyl halides is 3. The Labute approximate surface area is 348 Å². The molecule has 10 rings (SSSR count). The maximum absolute atomic E-state index is 14.0. The minimum Gasteiger partial charge on any atom is -0.308 e. The number of hydrogen-bond acceptors (Lipinski definition) is 2. The van der Waals surface area contributed by atoms with Crippen LogP contribution in [0.15, 0.2) is 164 Å². The molecule has 0 bridgehead atoms. The fourth-order valence-electron chi connectivity index (χ4n) is 8.69. The van der Waals surface area contributed by atoms with Crippen molar-refractivity contribution in [3.63, 3.8) is 0 Å². The molecular weight excluding hydrogens is 764 g/mol.